The lowest BCUT2D eigenvalue weighted by Crippen LogP contribution is -2.07. The van der Waals surface area contributed by atoms with Gasteiger partial charge < -0.3 is 9.47 Å². The van der Waals surface area contributed by atoms with Crippen molar-refractivity contribution in [3.05, 3.63) is 88.3 Å². The van der Waals surface area contributed by atoms with Gasteiger partial charge in [-0.1, -0.05) is 31.9 Å². The van der Waals surface area contributed by atoms with E-state index in [0.717, 1.165) is 20.8 Å². The zero-order chi connectivity index (χ0) is 25.3. The Balaban J connectivity index is 1.87. The third-order valence-electron chi connectivity index (χ3n) is 7.24. The molecule has 0 fully saturated rings. The summed E-state index contributed by atoms with van der Waals surface area (Å²) in [5, 5.41) is 0. The minimum Gasteiger partial charge on any atom is -0.489 e. The highest BCUT2D eigenvalue weighted by molar-refractivity contribution is 9.10. The summed E-state index contributed by atoms with van der Waals surface area (Å²) in [5.41, 5.74) is 12.6. The van der Waals surface area contributed by atoms with Gasteiger partial charge in [-0.2, -0.15) is 0 Å². The van der Waals surface area contributed by atoms with E-state index >= 15 is 0 Å². The van der Waals surface area contributed by atoms with E-state index in [1.165, 1.54) is 50.1 Å². The van der Waals surface area contributed by atoms with E-state index in [1.807, 2.05) is 12.1 Å². The van der Waals surface area contributed by atoms with Crippen LogP contribution in [0, 0.1) is 55.4 Å². The number of carbonyl (C=O) groups excluding carboxylic acids is 1. The molecule has 0 spiro atoms. The number of carbonyl (C=O) groups is 1. The maximum Gasteiger partial charge on any atom is 0.153 e. The highest BCUT2D eigenvalue weighted by atomic mass is 79.9. The fourth-order valence-corrected chi connectivity index (χ4v) is 5.44. The van der Waals surface area contributed by atoms with Crippen LogP contribution in [0.2, 0.25) is 0 Å². The van der Waals surface area contributed by atoms with Crippen molar-refractivity contribution < 1.29 is 14.3 Å². The van der Waals surface area contributed by atoms with Crippen molar-refractivity contribution in [3.63, 3.8) is 0 Å². The molecule has 0 aliphatic heterocycles. The summed E-state index contributed by atoms with van der Waals surface area (Å²) < 4.78 is 14.7. The second-order valence-corrected chi connectivity index (χ2v) is 10.6. The van der Waals surface area contributed by atoms with Crippen molar-refractivity contribution >= 4 is 38.1 Å². The monoisotopic (exact) mass is 586 g/mol. The predicted octanol–water partition coefficient (Wildman–Crippen LogP) is 8.65. The molecule has 3 aromatic carbocycles. The molecule has 3 aromatic rings. The van der Waals surface area contributed by atoms with Crippen LogP contribution < -0.4 is 9.47 Å². The van der Waals surface area contributed by atoms with Gasteiger partial charge in [0.1, 0.15) is 24.7 Å². The zero-order valence-electron chi connectivity index (χ0n) is 21.2. The molecule has 0 atom stereocenters. The van der Waals surface area contributed by atoms with Crippen molar-refractivity contribution in [1.29, 1.82) is 0 Å². The molecule has 180 valence electrons. The largest absolute Gasteiger partial charge is 0.489 e. The summed E-state index contributed by atoms with van der Waals surface area (Å²) in [4.78, 5) is 11.7. The molecule has 0 saturated heterocycles. The minimum atomic E-state index is 0.389. The summed E-state index contributed by atoms with van der Waals surface area (Å²) in [7, 11) is 0. The molecule has 0 bridgehead atoms. The Bertz CT molecular complexity index is 1220. The van der Waals surface area contributed by atoms with E-state index < -0.39 is 0 Å². The fraction of sp³-hybridized carbons (Fsp3) is 0.345. The summed E-state index contributed by atoms with van der Waals surface area (Å²) >= 11 is 7.40. The van der Waals surface area contributed by atoms with Gasteiger partial charge in [0, 0.05) is 15.0 Å². The van der Waals surface area contributed by atoms with E-state index in [0.29, 0.717) is 30.3 Å². The zero-order valence-corrected chi connectivity index (χ0v) is 24.4. The topological polar surface area (TPSA) is 35.5 Å². The molecule has 0 heterocycles. The van der Waals surface area contributed by atoms with Crippen LogP contribution in [0.1, 0.15) is 66.0 Å². The SMILES string of the molecule is Cc1c(C)c(COc2ccc(C=O)c(OCc3c(C)c(C)c(Br)c(C)c3C)c2)c(C)c(C)c1Br. The van der Waals surface area contributed by atoms with Crippen LogP contribution in [0.25, 0.3) is 0 Å². The maximum atomic E-state index is 11.7. The van der Waals surface area contributed by atoms with E-state index in [1.54, 1.807) is 6.07 Å². The van der Waals surface area contributed by atoms with Crippen LogP contribution in [-0.4, -0.2) is 6.29 Å². The van der Waals surface area contributed by atoms with Crippen molar-refractivity contribution in [2.24, 2.45) is 0 Å². The van der Waals surface area contributed by atoms with Gasteiger partial charge in [0.25, 0.3) is 0 Å². The van der Waals surface area contributed by atoms with Gasteiger partial charge in [-0.3, -0.25) is 4.79 Å². The molecule has 34 heavy (non-hydrogen) atoms. The average Bonchev–Trinajstić information content (AvgIpc) is 2.83. The Labute approximate surface area is 220 Å². The summed E-state index contributed by atoms with van der Waals surface area (Å²) in [6.45, 7) is 17.8. The molecule has 5 heteroatoms. The van der Waals surface area contributed by atoms with E-state index in [2.05, 4.69) is 87.2 Å². The Morgan fingerprint density at radius 3 is 1.47 bits per heavy atom. The second kappa shape index (κ2) is 10.7. The van der Waals surface area contributed by atoms with E-state index in [4.69, 9.17) is 9.47 Å². The highest BCUT2D eigenvalue weighted by Gasteiger charge is 2.16. The number of halogens is 2. The number of hydrogen-bond donors (Lipinski definition) is 0. The highest BCUT2D eigenvalue weighted by Crippen LogP contribution is 2.34. The van der Waals surface area contributed by atoms with E-state index in [-0.39, 0.29) is 0 Å². The van der Waals surface area contributed by atoms with Gasteiger partial charge in [0.05, 0.1) is 5.56 Å². The summed E-state index contributed by atoms with van der Waals surface area (Å²) in [6.07, 6.45) is 0.826. The lowest BCUT2D eigenvalue weighted by atomic mass is 9.94. The molecular formula is C29H32Br2O3. The van der Waals surface area contributed by atoms with E-state index in [9.17, 15) is 4.79 Å². The van der Waals surface area contributed by atoms with Crippen LogP contribution in [0.3, 0.4) is 0 Å². The second-order valence-electron chi connectivity index (χ2n) is 8.98. The maximum absolute atomic E-state index is 11.7. The normalized spacial score (nSPS) is 11.0. The van der Waals surface area contributed by atoms with Crippen molar-refractivity contribution in [2.45, 2.75) is 68.6 Å². The Morgan fingerprint density at radius 1 is 0.647 bits per heavy atom. The van der Waals surface area contributed by atoms with Crippen LogP contribution in [0.5, 0.6) is 11.5 Å². The number of rotatable bonds is 7. The molecule has 3 rings (SSSR count). The molecule has 0 amide bonds. The van der Waals surface area contributed by atoms with Gasteiger partial charge in [-0.05, 0) is 123 Å². The molecular weight excluding hydrogens is 556 g/mol. The summed E-state index contributed by atoms with van der Waals surface area (Å²) in [5.74, 6) is 1.20. The Hall–Kier alpha value is -2.11. The van der Waals surface area contributed by atoms with Crippen LogP contribution in [-0.2, 0) is 13.2 Å². The lowest BCUT2D eigenvalue weighted by Gasteiger charge is -2.20. The first-order valence-electron chi connectivity index (χ1n) is 11.3. The molecule has 0 saturated carbocycles. The quantitative estimate of drug-likeness (QED) is 0.259. The number of ether oxygens (including phenoxy) is 2. The Morgan fingerprint density at radius 2 is 1.06 bits per heavy atom. The predicted molar refractivity (Wildman–Crippen MR) is 147 cm³/mol. The third-order valence-corrected chi connectivity index (χ3v) is 9.62. The number of aldehydes is 1. The third kappa shape index (κ3) is 4.96. The van der Waals surface area contributed by atoms with Crippen molar-refractivity contribution in [2.75, 3.05) is 0 Å². The van der Waals surface area contributed by atoms with Gasteiger partial charge in [0.2, 0.25) is 0 Å². The fourth-order valence-electron chi connectivity index (χ4n) is 4.25. The molecule has 0 aromatic heterocycles. The minimum absolute atomic E-state index is 0.389. The standard InChI is InChI=1S/C29H32Br2O3/c1-15-19(5)28(30)20(6)16(2)25(15)13-33-24-10-9-23(12-32)27(11-24)34-14-26-17(3)21(7)29(31)22(8)18(26)4/h9-12H,13-14H2,1-8H3. The lowest BCUT2D eigenvalue weighted by molar-refractivity contribution is 0.111. The molecule has 0 N–H and O–H groups in total. The van der Waals surface area contributed by atoms with Gasteiger partial charge in [-0.25, -0.2) is 0 Å². The Kier molecular flexibility index (Phi) is 8.30. The van der Waals surface area contributed by atoms with Crippen LogP contribution >= 0.6 is 31.9 Å². The van der Waals surface area contributed by atoms with Crippen LogP contribution in [0.15, 0.2) is 27.1 Å². The molecule has 0 unspecified atom stereocenters. The van der Waals surface area contributed by atoms with Gasteiger partial charge in [0.15, 0.2) is 6.29 Å². The molecule has 3 nitrogen and oxygen atoms in total. The first-order valence-corrected chi connectivity index (χ1v) is 12.9. The van der Waals surface area contributed by atoms with Gasteiger partial charge in [-0.15, -0.1) is 0 Å². The molecule has 0 aliphatic rings. The van der Waals surface area contributed by atoms with Crippen molar-refractivity contribution in [3.8, 4) is 11.5 Å². The van der Waals surface area contributed by atoms with Gasteiger partial charge >= 0.3 is 0 Å². The average molecular weight is 588 g/mol. The smallest absolute Gasteiger partial charge is 0.153 e. The van der Waals surface area contributed by atoms with Crippen molar-refractivity contribution in [1.82, 2.24) is 0 Å². The van der Waals surface area contributed by atoms with Crippen LogP contribution in [0.4, 0.5) is 0 Å². The molecule has 0 aliphatic carbocycles. The number of benzene rings is 3. The summed E-state index contributed by atoms with van der Waals surface area (Å²) in [6, 6.07) is 5.40. The number of hydrogen-bond acceptors (Lipinski definition) is 3. The first-order chi connectivity index (χ1) is 16.0. The molecule has 0 radical (unpaired) electrons. The first kappa shape index (κ1) is 26.5.